The summed E-state index contributed by atoms with van der Waals surface area (Å²) >= 11 is 5.87. The molecule has 128 valence electrons. The van der Waals surface area contributed by atoms with Crippen molar-refractivity contribution in [1.29, 1.82) is 0 Å². The quantitative estimate of drug-likeness (QED) is 0.708. The number of ether oxygens (including phenoxy) is 1. The van der Waals surface area contributed by atoms with Gasteiger partial charge in [-0.3, -0.25) is 9.59 Å². The average Bonchev–Trinajstić information content (AvgIpc) is 2.98. The molecule has 1 amide bonds. The maximum atomic E-state index is 12.1. The maximum absolute atomic E-state index is 12.1. The Morgan fingerprint density at radius 1 is 1.24 bits per heavy atom. The lowest BCUT2D eigenvalue weighted by atomic mass is 10.3. The summed E-state index contributed by atoms with van der Waals surface area (Å²) in [6.07, 6.45) is -0.957. The fourth-order valence-corrected chi connectivity index (χ4v) is 2.44. The number of hydrogen-bond donors (Lipinski definition) is 1. The first-order chi connectivity index (χ1) is 12.0. The zero-order valence-corrected chi connectivity index (χ0v) is 14.1. The molecule has 0 spiro atoms. The SMILES string of the molecule is CC(OC(=O)Cn1nnc2ccccc21)C(=O)Nc1cccc(Cl)c1. The zero-order valence-electron chi connectivity index (χ0n) is 13.3. The fourth-order valence-electron chi connectivity index (χ4n) is 2.25. The van der Waals surface area contributed by atoms with Crippen LogP contribution in [0.1, 0.15) is 6.92 Å². The summed E-state index contributed by atoms with van der Waals surface area (Å²) in [5.74, 6) is -1.02. The van der Waals surface area contributed by atoms with Crippen LogP contribution in [0.5, 0.6) is 0 Å². The van der Waals surface area contributed by atoms with Gasteiger partial charge in [-0.2, -0.15) is 0 Å². The van der Waals surface area contributed by atoms with Crippen LogP contribution in [-0.2, 0) is 20.9 Å². The van der Waals surface area contributed by atoms with Gasteiger partial charge in [0.15, 0.2) is 6.10 Å². The molecule has 1 N–H and O–H groups in total. The highest BCUT2D eigenvalue weighted by Crippen LogP contribution is 2.15. The minimum atomic E-state index is -0.957. The van der Waals surface area contributed by atoms with Gasteiger partial charge in [0.25, 0.3) is 5.91 Å². The Kier molecular flexibility index (Phi) is 4.95. The molecule has 0 saturated heterocycles. The summed E-state index contributed by atoms with van der Waals surface area (Å²) < 4.78 is 6.59. The van der Waals surface area contributed by atoms with Crippen LogP contribution in [0.15, 0.2) is 48.5 Å². The minimum Gasteiger partial charge on any atom is -0.451 e. The number of para-hydroxylation sites is 1. The van der Waals surface area contributed by atoms with Gasteiger partial charge < -0.3 is 10.1 Å². The second kappa shape index (κ2) is 7.31. The summed E-state index contributed by atoms with van der Waals surface area (Å²) in [5, 5.41) is 11.0. The molecular formula is C17H15ClN4O3. The number of amides is 1. The number of hydrogen-bond acceptors (Lipinski definition) is 5. The van der Waals surface area contributed by atoms with E-state index in [0.29, 0.717) is 16.2 Å². The van der Waals surface area contributed by atoms with Crippen LogP contribution in [0.4, 0.5) is 5.69 Å². The second-order valence-corrected chi connectivity index (χ2v) is 5.80. The van der Waals surface area contributed by atoms with Crippen molar-refractivity contribution in [3.8, 4) is 0 Å². The molecule has 2 aromatic carbocycles. The van der Waals surface area contributed by atoms with Crippen molar-refractivity contribution < 1.29 is 14.3 Å². The number of halogens is 1. The Balaban J connectivity index is 1.59. The van der Waals surface area contributed by atoms with Crippen molar-refractivity contribution in [1.82, 2.24) is 15.0 Å². The highest BCUT2D eigenvalue weighted by Gasteiger charge is 2.19. The van der Waals surface area contributed by atoms with Crippen molar-refractivity contribution in [2.75, 3.05) is 5.32 Å². The van der Waals surface area contributed by atoms with Crippen molar-refractivity contribution >= 4 is 40.2 Å². The smallest absolute Gasteiger partial charge is 0.328 e. The van der Waals surface area contributed by atoms with Crippen LogP contribution in [0.3, 0.4) is 0 Å². The topological polar surface area (TPSA) is 86.1 Å². The molecule has 0 aliphatic carbocycles. The van der Waals surface area contributed by atoms with E-state index in [1.165, 1.54) is 11.6 Å². The lowest BCUT2D eigenvalue weighted by molar-refractivity contribution is -0.153. The van der Waals surface area contributed by atoms with Gasteiger partial charge >= 0.3 is 5.97 Å². The third kappa shape index (κ3) is 4.13. The number of esters is 1. The zero-order chi connectivity index (χ0) is 17.8. The largest absolute Gasteiger partial charge is 0.451 e. The maximum Gasteiger partial charge on any atom is 0.328 e. The molecule has 3 aromatic rings. The van der Waals surface area contributed by atoms with Crippen molar-refractivity contribution in [3.63, 3.8) is 0 Å². The van der Waals surface area contributed by atoms with Crippen molar-refractivity contribution in [3.05, 3.63) is 53.6 Å². The first-order valence-electron chi connectivity index (χ1n) is 7.57. The number of carbonyl (C=O) groups excluding carboxylic acids is 2. The highest BCUT2D eigenvalue weighted by atomic mass is 35.5. The molecule has 0 saturated carbocycles. The van der Waals surface area contributed by atoms with E-state index in [2.05, 4.69) is 15.6 Å². The number of benzene rings is 2. The summed E-state index contributed by atoms with van der Waals surface area (Å²) in [4.78, 5) is 24.2. The van der Waals surface area contributed by atoms with Gasteiger partial charge in [-0.1, -0.05) is 35.0 Å². The molecule has 0 aliphatic rings. The molecule has 3 rings (SSSR count). The van der Waals surface area contributed by atoms with Crippen LogP contribution in [0.2, 0.25) is 5.02 Å². The minimum absolute atomic E-state index is 0.130. The molecule has 0 aliphatic heterocycles. The van der Waals surface area contributed by atoms with Crippen LogP contribution in [-0.4, -0.2) is 33.0 Å². The van der Waals surface area contributed by atoms with Gasteiger partial charge in [0.2, 0.25) is 0 Å². The lowest BCUT2D eigenvalue weighted by Gasteiger charge is -2.13. The Hall–Kier alpha value is -2.93. The van der Waals surface area contributed by atoms with Crippen LogP contribution < -0.4 is 5.32 Å². The van der Waals surface area contributed by atoms with Gasteiger partial charge in [-0.05, 0) is 37.3 Å². The fraction of sp³-hybridized carbons (Fsp3) is 0.176. The number of anilines is 1. The van der Waals surface area contributed by atoms with E-state index >= 15 is 0 Å². The van der Waals surface area contributed by atoms with Crippen molar-refractivity contribution in [2.45, 2.75) is 19.6 Å². The summed E-state index contributed by atoms with van der Waals surface area (Å²) in [5.41, 5.74) is 1.93. The molecule has 0 bridgehead atoms. The van der Waals surface area contributed by atoms with Gasteiger partial charge in [-0.25, -0.2) is 4.68 Å². The Labute approximate surface area is 148 Å². The molecule has 1 aromatic heterocycles. The summed E-state index contributed by atoms with van der Waals surface area (Å²) in [6.45, 7) is 1.37. The Morgan fingerprint density at radius 3 is 2.84 bits per heavy atom. The number of carbonyl (C=O) groups is 2. The molecule has 7 nitrogen and oxygen atoms in total. The predicted molar refractivity (Wildman–Crippen MR) is 93.2 cm³/mol. The van der Waals surface area contributed by atoms with Gasteiger partial charge in [0, 0.05) is 10.7 Å². The Morgan fingerprint density at radius 2 is 2.04 bits per heavy atom. The molecule has 0 fully saturated rings. The molecule has 1 heterocycles. The average molecular weight is 359 g/mol. The van der Waals surface area contributed by atoms with Crippen LogP contribution >= 0.6 is 11.6 Å². The molecule has 8 heteroatoms. The van der Waals surface area contributed by atoms with Gasteiger partial charge in [0.05, 0.1) is 5.52 Å². The molecular weight excluding hydrogens is 344 g/mol. The van der Waals surface area contributed by atoms with E-state index in [4.69, 9.17) is 16.3 Å². The Bertz CT molecular complexity index is 925. The van der Waals surface area contributed by atoms with E-state index in [1.54, 1.807) is 36.4 Å². The van der Waals surface area contributed by atoms with E-state index in [9.17, 15) is 9.59 Å². The van der Waals surface area contributed by atoms with E-state index < -0.39 is 18.0 Å². The number of aromatic nitrogens is 3. The normalized spacial score (nSPS) is 11.9. The number of nitrogens with zero attached hydrogens (tertiary/aromatic N) is 3. The number of rotatable bonds is 5. The van der Waals surface area contributed by atoms with Crippen LogP contribution in [0, 0.1) is 0 Å². The lowest BCUT2D eigenvalue weighted by Crippen LogP contribution is -2.31. The third-order valence-electron chi connectivity index (χ3n) is 3.47. The van der Waals surface area contributed by atoms with Crippen LogP contribution in [0.25, 0.3) is 11.0 Å². The molecule has 1 atom stereocenters. The monoisotopic (exact) mass is 358 g/mol. The summed E-state index contributed by atoms with van der Waals surface area (Å²) in [7, 11) is 0. The molecule has 0 radical (unpaired) electrons. The first kappa shape index (κ1) is 16.9. The van der Waals surface area contributed by atoms with Gasteiger partial charge in [-0.15, -0.1) is 5.10 Å². The third-order valence-corrected chi connectivity index (χ3v) is 3.70. The van der Waals surface area contributed by atoms with Gasteiger partial charge in [0.1, 0.15) is 12.1 Å². The van der Waals surface area contributed by atoms with E-state index in [-0.39, 0.29) is 6.54 Å². The summed E-state index contributed by atoms with van der Waals surface area (Å²) in [6, 6.07) is 14.0. The number of fused-ring (bicyclic) bond motifs is 1. The molecule has 1 unspecified atom stereocenters. The van der Waals surface area contributed by atoms with E-state index in [0.717, 1.165) is 5.52 Å². The predicted octanol–water partition coefficient (Wildman–Crippen LogP) is 2.66. The van der Waals surface area contributed by atoms with Crippen molar-refractivity contribution in [2.24, 2.45) is 0 Å². The standard InChI is InChI=1S/C17H15ClN4O3/c1-11(17(24)19-13-6-4-5-12(18)9-13)25-16(23)10-22-15-8-3-2-7-14(15)20-21-22/h2-9,11H,10H2,1H3,(H,19,24). The van der Waals surface area contributed by atoms with E-state index in [1.807, 2.05) is 12.1 Å². The first-order valence-corrected chi connectivity index (χ1v) is 7.95. The highest BCUT2D eigenvalue weighted by molar-refractivity contribution is 6.30. The second-order valence-electron chi connectivity index (χ2n) is 5.37. The molecule has 25 heavy (non-hydrogen) atoms. The number of nitrogens with one attached hydrogen (secondary N) is 1.